The Balaban J connectivity index is 2.19. The molecule has 18 heavy (non-hydrogen) atoms. The van der Waals surface area contributed by atoms with Crippen molar-refractivity contribution in [2.75, 3.05) is 0 Å². The van der Waals surface area contributed by atoms with Crippen molar-refractivity contribution in [1.29, 1.82) is 0 Å². The van der Waals surface area contributed by atoms with Crippen LogP contribution in [-0.4, -0.2) is 4.98 Å². The maximum absolute atomic E-state index is 3.55. The average molecular weight is 429 g/mol. The van der Waals surface area contributed by atoms with Crippen molar-refractivity contribution >= 4 is 58.7 Å². The van der Waals surface area contributed by atoms with E-state index < -0.39 is 0 Å². The number of aromatic nitrogens is 1. The summed E-state index contributed by atoms with van der Waals surface area (Å²) in [5.74, 6) is 0. The first-order valence-corrected chi connectivity index (χ1v) is 7.67. The van der Waals surface area contributed by atoms with E-state index in [0.717, 1.165) is 29.9 Å². The smallest absolute Gasteiger partial charge is 0.0460 e. The molecule has 0 aliphatic carbocycles. The van der Waals surface area contributed by atoms with Gasteiger partial charge in [0.1, 0.15) is 0 Å². The normalized spacial score (nSPS) is 11.1. The predicted molar refractivity (Wildman–Crippen MR) is 85.7 cm³/mol. The zero-order valence-corrected chi connectivity index (χ0v) is 13.9. The molecule has 0 amide bonds. The lowest BCUT2D eigenvalue weighted by atomic mass is 10.0. The second-order valence-electron chi connectivity index (χ2n) is 3.95. The topological polar surface area (TPSA) is 15.8 Å². The van der Waals surface area contributed by atoms with Crippen molar-refractivity contribution in [2.45, 2.75) is 0 Å². The molecule has 0 aliphatic rings. The maximum Gasteiger partial charge on any atom is 0.0460 e. The Kier molecular flexibility index (Phi) is 3.34. The second-order valence-corrected chi connectivity index (χ2v) is 6.45. The molecule has 4 heteroatoms. The minimum atomic E-state index is 1.03. The Morgan fingerprint density at radius 1 is 0.889 bits per heavy atom. The summed E-state index contributed by atoms with van der Waals surface area (Å²) in [5, 5.41) is 1.10. The summed E-state index contributed by atoms with van der Waals surface area (Å²) in [7, 11) is 0. The van der Waals surface area contributed by atoms with Gasteiger partial charge in [0, 0.05) is 36.6 Å². The molecule has 0 unspecified atom stereocenters. The third-order valence-corrected chi connectivity index (χ3v) is 5.96. The molecule has 1 N–H and O–H groups in total. The summed E-state index contributed by atoms with van der Waals surface area (Å²) < 4.78 is 3.09. The van der Waals surface area contributed by atoms with E-state index in [0.29, 0.717) is 0 Å². The predicted octanol–water partition coefficient (Wildman–Crippen LogP) is 5.92. The Morgan fingerprint density at radius 3 is 2.33 bits per heavy atom. The van der Waals surface area contributed by atoms with Crippen LogP contribution in [0, 0.1) is 6.07 Å². The largest absolute Gasteiger partial charge is 0.361 e. The first kappa shape index (κ1) is 12.5. The van der Waals surface area contributed by atoms with Gasteiger partial charge in [0.25, 0.3) is 0 Å². The van der Waals surface area contributed by atoms with Crippen molar-refractivity contribution in [3.05, 3.63) is 56.0 Å². The minimum Gasteiger partial charge on any atom is -0.361 e. The van der Waals surface area contributed by atoms with Crippen molar-refractivity contribution in [3.8, 4) is 11.1 Å². The first-order valence-electron chi connectivity index (χ1n) is 5.29. The lowest BCUT2D eigenvalue weighted by Crippen LogP contribution is -1.81. The minimum absolute atomic E-state index is 1.03. The van der Waals surface area contributed by atoms with E-state index in [1.807, 2.05) is 6.20 Å². The highest BCUT2D eigenvalue weighted by atomic mass is 79.9. The molecule has 2 aromatic carbocycles. The number of fused-ring (bicyclic) bond motifs is 1. The fourth-order valence-electron chi connectivity index (χ4n) is 1.88. The second kappa shape index (κ2) is 4.83. The molecule has 0 bridgehead atoms. The lowest BCUT2D eigenvalue weighted by Gasteiger charge is -2.06. The van der Waals surface area contributed by atoms with Crippen LogP contribution in [0.5, 0.6) is 0 Å². The molecule has 0 atom stereocenters. The van der Waals surface area contributed by atoms with Crippen LogP contribution in [0.1, 0.15) is 0 Å². The van der Waals surface area contributed by atoms with E-state index in [1.54, 1.807) is 0 Å². The number of rotatable bonds is 1. The van der Waals surface area contributed by atoms with Crippen LogP contribution in [-0.2, 0) is 0 Å². The highest BCUT2D eigenvalue weighted by Crippen LogP contribution is 2.36. The maximum atomic E-state index is 3.55. The van der Waals surface area contributed by atoms with Gasteiger partial charge in [-0.3, -0.25) is 0 Å². The van der Waals surface area contributed by atoms with Gasteiger partial charge in [0.05, 0.1) is 0 Å². The summed E-state index contributed by atoms with van der Waals surface area (Å²) in [6.07, 6.45) is 1.84. The fraction of sp³-hybridized carbons (Fsp3) is 0. The molecule has 0 saturated carbocycles. The summed E-state index contributed by atoms with van der Waals surface area (Å²) in [6, 6.07) is 13.7. The van der Waals surface area contributed by atoms with E-state index in [1.165, 1.54) is 5.56 Å². The van der Waals surface area contributed by atoms with Crippen molar-refractivity contribution < 1.29 is 0 Å². The number of aromatic amines is 1. The number of hydrogen-bond donors (Lipinski definition) is 1. The van der Waals surface area contributed by atoms with Gasteiger partial charge in [-0.1, -0.05) is 6.07 Å². The van der Waals surface area contributed by atoms with Crippen molar-refractivity contribution in [1.82, 2.24) is 4.98 Å². The SMILES string of the molecule is Brc1cc(-c2ccc3[nH]c[c]c3c2)cc(Br)c1Br. The molecule has 1 heterocycles. The Morgan fingerprint density at radius 2 is 1.61 bits per heavy atom. The van der Waals surface area contributed by atoms with Crippen LogP contribution >= 0.6 is 47.8 Å². The summed E-state index contributed by atoms with van der Waals surface area (Å²) >= 11 is 10.6. The standard InChI is InChI=1S/C14H7Br3N/c15-11-6-10(7-12(16)14(11)17)8-1-2-13-9(5-8)3-4-18-13/h1-2,4-7,18H. The van der Waals surface area contributed by atoms with Crippen LogP contribution in [0.15, 0.2) is 49.9 Å². The molecule has 0 saturated heterocycles. The third-order valence-electron chi connectivity index (χ3n) is 2.79. The van der Waals surface area contributed by atoms with Crippen LogP contribution < -0.4 is 0 Å². The summed E-state index contributed by atoms with van der Waals surface area (Å²) in [4.78, 5) is 3.15. The van der Waals surface area contributed by atoms with E-state index in [2.05, 4.69) is 89.2 Å². The van der Waals surface area contributed by atoms with Gasteiger partial charge in [-0.25, -0.2) is 0 Å². The molecular weight excluding hydrogens is 422 g/mol. The van der Waals surface area contributed by atoms with E-state index in [-0.39, 0.29) is 0 Å². The van der Waals surface area contributed by atoms with Gasteiger partial charge >= 0.3 is 0 Å². The van der Waals surface area contributed by atoms with Gasteiger partial charge < -0.3 is 4.98 Å². The number of benzene rings is 2. The van der Waals surface area contributed by atoms with E-state index in [4.69, 9.17) is 0 Å². The average Bonchev–Trinajstić information content (AvgIpc) is 2.82. The molecule has 0 spiro atoms. The van der Waals surface area contributed by atoms with Crippen molar-refractivity contribution in [2.24, 2.45) is 0 Å². The van der Waals surface area contributed by atoms with Gasteiger partial charge in [0.2, 0.25) is 0 Å². The van der Waals surface area contributed by atoms with Crippen molar-refractivity contribution in [3.63, 3.8) is 0 Å². The third kappa shape index (κ3) is 2.17. The molecule has 1 nitrogen and oxygen atoms in total. The number of H-pyrrole nitrogens is 1. The highest BCUT2D eigenvalue weighted by Gasteiger charge is 2.07. The van der Waals surface area contributed by atoms with Gasteiger partial charge in [-0.05, 0) is 83.2 Å². The molecule has 0 fully saturated rings. The van der Waals surface area contributed by atoms with Gasteiger partial charge in [-0.15, -0.1) is 0 Å². The van der Waals surface area contributed by atoms with Gasteiger partial charge in [0.15, 0.2) is 0 Å². The molecule has 3 aromatic rings. The lowest BCUT2D eigenvalue weighted by molar-refractivity contribution is 1.47. The zero-order valence-electron chi connectivity index (χ0n) is 9.10. The summed E-state index contributed by atoms with van der Waals surface area (Å²) in [5.41, 5.74) is 3.44. The van der Waals surface area contributed by atoms with Crippen LogP contribution in [0.25, 0.3) is 22.0 Å². The van der Waals surface area contributed by atoms with Gasteiger partial charge in [-0.2, -0.15) is 0 Å². The van der Waals surface area contributed by atoms with Crippen LogP contribution in [0.3, 0.4) is 0 Å². The molecule has 3 rings (SSSR count). The van der Waals surface area contributed by atoms with Crippen LogP contribution in [0.4, 0.5) is 0 Å². The fourth-order valence-corrected chi connectivity index (χ4v) is 3.30. The molecule has 1 radical (unpaired) electrons. The number of hydrogen-bond acceptors (Lipinski definition) is 0. The molecule has 0 aliphatic heterocycles. The number of halogens is 3. The van der Waals surface area contributed by atoms with E-state index >= 15 is 0 Å². The highest BCUT2D eigenvalue weighted by molar-refractivity contribution is 9.14. The molecule has 89 valence electrons. The molecular formula is C14H7Br3N. The monoisotopic (exact) mass is 426 g/mol. The quantitative estimate of drug-likeness (QED) is 0.463. The van der Waals surface area contributed by atoms with Crippen LogP contribution in [0.2, 0.25) is 0 Å². The van der Waals surface area contributed by atoms with E-state index in [9.17, 15) is 0 Å². The first-order chi connectivity index (χ1) is 8.65. The molecule has 1 aromatic heterocycles. The Bertz CT molecular complexity index is 708. The number of nitrogens with one attached hydrogen (secondary N) is 1. The summed E-state index contributed by atoms with van der Waals surface area (Å²) in [6.45, 7) is 0. The zero-order chi connectivity index (χ0) is 12.7. The Hall–Kier alpha value is -0.580. The Labute approximate surface area is 130 Å².